The molecular weight excluding hydrogens is 388 g/mol. The third kappa shape index (κ3) is 5.69. The molecule has 2 aromatic carbocycles. The Morgan fingerprint density at radius 3 is 2.58 bits per heavy atom. The molecule has 0 radical (unpaired) electrons. The van der Waals surface area contributed by atoms with Crippen LogP contribution in [0, 0.1) is 5.92 Å². The lowest BCUT2D eigenvalue weighted by Crippen LogP contribution is -2.18. The van der Waals surface area contributed by atoms with Gasteiger partial charge in [-0.1, -0.05) is 72.9 Å². The summed E-state index contributed by atoms with van der Waals surface area (Å²) >= 11 is 0. The van der Waals surface area contributed by atoms with Gasteiger partial charge in [-0.2, -0.15) is 0 Å². The summed E-state index contributed by atoms with van der Waals surface area (Å²) in [5.41, 5.74) is 4.43. The molecule has 1 heterocycles. The maximum Gasteiger partial charge on any atom is 0.350 e. The Hall–Kier alpha value is -3.21. The molecule has 3 aromatic rings. The minimum absolute atomic E-state index is 0.202. The molecule has 1 aliphatic rings. The number of rotatable bonds is 8. The largest absolute Gasteiger partial charge is 0.477 e. The van der Waals surface area contributed by atoms with Crippen LogP contribution in [0.2, 0.25) is 0 Å². The number of para-hydroxylation sites is 1. The zero-order valence-electron chi connectivity index (χ0n) is 17.6. The van der Waals surface area contributed by atoms with Gasteiger partial charge in [-0.25, -0.2) is 4.79 Å². The van der Waals surface area contributed by atoms with Gasteiger partial charge < -0.3 is 9.94 Å². The SMILES string of the molecule is O=C(O)/C=N/OC(c1ccc(CCc2ccc3ccccc3n2)cc1)C1CCCCC1. The fraction of sp³-hybridized carbons (Fsp3) is 0.346. The van der Waals surface area contributed by atoms with Gasteiger partial charge in [0.25, 0.3) is 0 Å². The van der Waals surface area contributed by atoms with Gasteiger partial charge >= 0.3 is 5.97 Å². The Morgan fingerprint density at radius 2 is 1.81 bits per heavy atom. The van der Waals surface area contributed by atoms with E-state index in [1.165, 1.54) is 24.8 Å². The van der Waals surface area contributed by atoms with Gasteiger partial charge in [-0.15, -0.1) is 0 Å². The number of aromatic nitrogens is 1. The molecular formula is C26H28N2O3. The molecule has 1 aliphatic carbocycles. The van der Waals surface area contributed by atoms with E-state index in [9.17, 15) is 4.79 Å². The van der Waals surface area contributed by atoms with E-state index >= 15 is 0 Å². The van der Waals surface area contributed by atoms with Crippen molar-refractivity contribution in [1.82, 2.24) is 4.98 Å². The quantitative estimate of drug-likeness (QED) is 0.376. The van der Waals surface area contributed by atoms with Crippen LogP contribution in [0.15, 0.2) is 65.8 Å². The molecule has 1 saturated carbocycles. The summed E-state index contributed by atoms with van der Waals surface area (Å²) in [6, 6.07) is 20.9. The number of benzene rings is 2. The van der Waals surface area contributed by atoms with Crippen LogP contribution in [0.1, 0.15) is 55.0 Å². The monoisotopic (exact) mass is 416 g/mol. The van der Waals surface area contributed by atoms with Crippen molar-refractivity contribution in [1.29, 1.82) is 0 Å². The van der Waals surface area contributed by atoms with Crippen LogP contribution in [0.25, 0.3) is 10.9 Å². The lowest BCUT2D eigenvalue weighted by molar-refractivity contribution is -0.129. The highest BCUT2D eigenvalue weighted by atomic mass is 16.6. The summed E-state index contributed by atoms with van der Waals surface area (Å²) in [7, 11) is 0. The third-order valence-electron chi connectivity index (χ3n) is 6.05. The minimum Gasteiger partial charge on any atom is -0.477 e. The Balaban J connectivity index is 1.43. The highest BCUT2D eigenvalue weighted by Gasteiger charge is 2.27. The molecule has 0 amide bonds. The minimum atomic E-state index is -1.10. The van der Waals surface area contributed by atoms with Gasteiger partial charge in [0, 0.05) is 17.0 Å². The highest BCUT2D eigenvalue weighted by Crippen LogP contribution is 2.37. The third-order valence-corrected chi connectivity index (χ3v) is 6.05. The molecule has 1 aromatic heterocycles. The first kappa shape index (κ1) is 21.0. The number of oxime groups is 1. The van der Waals surface area contributed by atoms with Crippen molar-refractivity contribution in [2.75, 3.05) is 0 Å². The van der Waals surface area contributed by atoms with Crippen molar-refractivity contribution in [3.63, 3.8) is 0 Å². The lowest BCUT2D eigenvalue weighted by atomic mass is 9.82. The summed E-state index contributed by atoms with van der Waals surface area (Å²) in [4.78, 5) is 21.2. The summed E-state index contributed by atoms with van der Waals surface area (Å²) < 4.78 is 0. The normalized spacial score (nSPS) is 15.9. The first-order valence-corrected chi connectivity index (χ1v) is 11.0. The second-order valence-electron chi connectivity index (χ2n) is 8.23. The van der Waals surface area contributed by atoms with E-state index in [0.717, 1.165) is 54.1 Å². The molecule has 0 bridgehead atoms. The second kappa shape index (κ2) is 10.2. The van der Waals surface area contributed by atoms with E-state index in [2.05, 4.69) is 47.6 Å². The predicted octanol–water partition coefficient (Wildman–Crippen LogP) is 5.73. The Labute approximate surface area is 182 Å². The number of fused-ring (bicyclic) bond motifs is 1. The first-order chi connectivity index (χ1) is 15.2. The molecule has 5 nitrogen and oxygen atoms in total. The molecule has 4 rings (SSSR count). The molecule has 1 N–H and O–H groups in total. The smallest absolute Gasteiger partial charge is 0.350 e. The van der Waals surface area contributed by atoms with Gasteiger partial charge in [0.05, 0.1) is 5.52 Å². The van der Waals surface area contributed by atoms with Crippen LogP contribution in [0.3, 0.4) is 0 Å². The number of pyridine rings is 1. The van der Waals surface area contributed by atoms with Gasteiger partial charge in [0.1, 0.15) is 0 Å². The maximum absolute atomic E-state index is 10.8. The average Bonchev–Trinajstić information content (AvgIpc) is 2.81. The summed E-state index contributed by atoms with van der Waals surface area (Å²) in [6.07, 6.45) is 8.21. The average molecular weight is 417 g/mol. The Morgan fingerprint density at radius 1 is 1.03 bits per heavy atom. The van der Waals surface area contributed by atoms with Crippen molar-refractivity contribution in [2.45, 2.75) is 51.0 Å². The number of carboxylic acids is 1. The van der Waals surface area contributed by atoms with E-state index in [1.807, 2.05) is 18.2 Å². The van der Waals surface area contributed by atoms with E-state index in [4.69, 9.17) is 14.9 Å². The van der Waals surface area contributed by atoms with Crippen molar-refractivity contribution in [2.24, 2.45) is 11.1 Å². The zero-order chi connectivity index (χ0) is 21.5. The number of aryl methyl sites for hydroxylation is 2. The highest BCUT2D eigenvalue weighted by molar-refractivity contribution is 6.21. The van der Waals surface area contributed by atoms with Crippen LogP contribution in [0.5, 0.6) is 0 Å². The van der Waals surface area contributed by atoms with Crippen molar-refractivity contribution < 1.29 is 14.7 Å². The van der Waals surface area contributed by atoms with E-state index in [1.54, 1.807) is 0 Å². The van der Waals surface area contributed by atoms with Gasteiger partial charge in [0.2, 0.25) is 0 Å². The zero-order valence-corrected chi connectivity index (χ0v) is 17.6. The fourth-order valence-corrected chi connectivity index (χ4v) is 4.39. The second-order valence-corrected chi connectivity index (χ2v) is 8.23. The van der Waals surface area contributed by atoms with Crippen LogP contribution in [-0.2, 0) is 22.5 Å². The molecule has 1 unspecified atom stereocenters. The number of nitrogens with zero attached hydrogens (tertiary/aromatic N) is 2. The van der Waals surface area contributed by atoms with Gasteiger partial charge in [0.15, 0.2) is 12.3 Å². The molecule has 0 saturated heterocycles. The summed E-state index contributed by atoms with van der Waals surface area (Å²) in [5, 5.41) is 13.7. The predicted molar refractivity (Wildman–Crippen MR) is 122 cm³/mol. The molecule has 1 fully saturated rings. The lowest BCUT2D eigenvalue weighted by Gasteiger charge is -2.28. The van der Waals surface area contributed by atoms with Crippen molar-refractivity contribution in [3.05, 3.63) is 77.5 Å². The Bertz CT molecular complexity index is 1040. The van der Waals surface area contributed by atoms with Gasteiger partial charge in [-0.05, 0) is 48.9 Å². The first-order valence-electron chi connectivity index (χ1n) is 11.0. The van der Waals surface area contributed by atoms with Crippen molar-refractivity contribution in [3.8, 4) is 0 Å². The van der Waals surface area contributed by atoms with E-state index in [0.29, 0.717) is 5.92 Å². The van der Waals surface area contributed by atoms with Crippen LogP contribution in [-0.4, -0.2) is 22.3 Å². The maximum atomic E-state index is 10.8. The number of carboxylic acid groups (broad SMARTS) is 1. The molecule has 160 valence electrons. The summed E-state index contributed by atoms with van der Waals surface area (Å²) in [5.74, 6) is -0.729. The molecule has 0 spiro atoms. The van der Waals surface area contributed by atoms with Crippen LogP contribution in [0.4, 0.5) is 0 Å². The number of aliphatic carboxylic acids is 1. The van der Waals surface area contributed by atoms with E-state index < -0.39 is 5.97 Å². The van der Waals surface area contributed by atoms with E-state index in [-0.39, 0.29) is 6.10 Å². The number of hydrogen-bond acceptors (Lipinski definition) is 4. The summed E-state index contributed by atoms with van der Waals surface area (Å²) in [6.45, 7) is 0. The molecule has 1 atom stereocenters. The topological polar surface area (TPSA) is 71.8 Å². The number of hydrogen-bond donors (Lipinski definition) is 1. The molecule has 5 heteroatoms. The van der Waals surface area contributed by atoms with Crippen LogP contribution < -0.4 is 0 Å². The van der Waals surface area contributed by atoms with Crippen LogP contribution >= 0.6 is 0 Å². The fourth-order valence-electron chi connectivity index (χ4n) is 4.39. The standard InChI is InChI=1S/C26H28N2O3/c29-25(30)18-27-31-26(21-7-2-1-3-8-21)22-13-10-19(11-14-22)12-16-23-17-15-20-6-4-5-9-24(20)28-23/h4-6,9-11,13-15,17-18,21,26H,1-3,7-8,12,16H2,(H,29,30)/b27-18+. The molecule has 31 heavy (non-hydrogen) atoms. The Kier molecular flexibility index (Phi) is 6.92. The number of carbonyl (C=O) groups is 1. The van der Waals surface area contributed by atoms with Gasteiger partial charge in [-0.3, -0.25) is 4.98 Å². The van der Waals surface area contributed by atoms with Crippen molar-refractivity contribution >= 4 is 23.1 Å². The molecule has 0 aliphatic heterocycles.